The molecular weight excluding hydrogens is 178 g/mol. The van der Waals surface area contributed by atoms with Crippen molar-refractivity contribution in [2.45, 2.75) is 31.9 Å². The molecule has 1 heterocycles. The zero-order valence-electron chi connectivity index (χ0n) is 8.09. The number of hydrogen-bond donors (Lipinski definition) is 1. The molecule has 4 heteroatoms. The van der Waals surface area contributed by atoms with Crippen molar-refractivity contribution >= 4 is 0 Å². The van der Waals surface area contributed by atoms with Crippen LogP contribution in [0.25, 0.3) is 0 Å². The van der Waals surface area contributed by atoms with Gasteiger partial charge in [-0.05, 0) is 19.8 Å². The number of aliphatic hydroxyl groups excluding tert-OH is 1. The maximum absolute atomic E-state index is 9.85. The topological polar surface area (TPSA) is 61.8 Å². The third-order valence-corrected chi connectivity index (χ3v) is 2.62. The molecule has 0 aromatic carbocycles. The molecule has 1 saturated carbocycles. The predicted octanol–water partition coefficient (Wildman–Crippen LogP) is 1.41. The number of nitrogens with zero attached hydrogens (tertiary/aromatic N) is 3. The second-order valence-electron chi connectivity index (χ2n) is 3.82. The van der Waals surface area contributed by atoms with E-state index in [1.807, 2.05) is 10.6 Å². The summed E-state index contributed by atoms with van der Waals surface area (Å²) in [6, 6.07) is 2.54. The molecule has 1 aliphatic rings. The highest BCUT2D eigenvalue weighted by atomic mass is 16.3. The fraction of sp³-hybridized carbons (Fsp3) is 0.600. The molecule has 0 amide bonds. The first kappa shape index (κ1) is 9.22. The van der Waals surface area contributed by atoms with Gasteiger partial charge in [0.25, 0.3) is 0 Å². The molecule has 14 heavy (non-hydrogen) atoms. The highest BCUT2D eigenvalue weighted by molar-refractivity contribution is 5.10. The van der Waals surface area contributed by atoms with Crippen LogP contribution in [-0.2, 0) is 0 Å². The smallest absolute Gasteiger partial charge is 0.111 e. The van der Waals surface area contributed by atoms with Crippen LogP contribution in [0, 0.1) is 17.2 Å². The molecule has 0 radical (unpaired) electrons. The summed E-state index contributed by atoms with van der Waals surface area (Å²) in [6.07, 6.45) is 4.97. The number of nitriles is 1. The molecule has 1 aromatic heterocycles. The van der Waals surface area contributed by atoms with E-state index in [2.05, 4.69) is 4.98 Å². The first-order valence-corrected chi connectivity index (χ1v) is 4.83. The largest absolute Gasteiger partial charge is 0.385 e. The SMILES string of the molecule is CC(C#N)C(O)c1cncn1C1CC1. The molecule has 1 fully saturated rings. The van der Waals surface area contributed by atoms with Crippen molar-refractivity contribution in [2.24, 2.45) is 5.92 Å². The van der Waals surface area contributed by atoms with E-state index in [4.69, 9.17) is 5.26 Å². The molecule has 4 nitrogen and oxygen atoms in total. The first-order valence-electron chi connectivity index (χ1n) is 4.83. The second-order valence-corrected chi connectivity index (χ2v) is 3.82. The van der Waals surface area contributed by atoms with E-state index in [1.54, 1.807) is 19.4 Å². The van der Waals surface area contributed by atoms with Gasteiger partial charge in [0.05, 0.1) is 30.2 Å². The fourth-order valence-electron chi connectivity index (χ4n) is 1.53. The molecule has 0 saturated heterocycles. The Labute approximate surface area is 82.8 Å². The minimum atomic E-state index is -0.719. The normalized spacial score (nSPS) is 20.1. The molecule has 74 valence electrons. The Kier molecular flexibility index (Phi) is 2.26. The van der Waals surface area contributed by atoms with Crippen molar-refractivity contribution in [2.75, 3.05) is 0 Å². The van der Waals surface area contributed by atoms with Crippen LogP contribution in [0.4, 0.5) is 0 Å². The Balaban J connectivity index is 2.22. The van der Waals surface area contributed by atoms with Gasteiger partial charge in [-0.3, -0.25) is 0 Å². The van der Waals surface area contributed by atoms with Gasteiger partial charge in [0, 0.05) is 6.04 Å². The lowest BCUT2D eigenvalue weighted by molar-refractivity contribution is 0.133. The summed E-state index contributed by atoms with van der Waals surface area (Å²) >= 11 is 0. The zero-order chi connectivity index (χ0) is 10.1. The van der Waals surface area contributed by atoms with E-state index in [0.717, 1.165) is 18.5 Å². The predicted molar refractivity (Wildman–Crippen MR) is 50.2 cm³/mol. The van der Waals surface area contributed by atoms with Crippen molar-refractivity contribution in [1.29, 1.82) is 5.26 Å². The van der Waals surface area contributed by atoms with E-state index in [1.165, 1.54) is 0 Å². The average Bonchev–Trinajstić information content (AvgIpc) is 2.94. The summed E-state index contributed by atoms with van der Waals surface area (Å²) in [5.41, 5.74) is 0.765. The Bertz CT molecular complexity index is 362. The molecule has 0 bridgehead atoms. The third kappa shape index (κ3) is 1.51. The van der Waals surface area contributed by atoms with Crippen LogP contribution in [-0.4, -0.2) is 14.7 Å². The summed E-state index contributed by atoms with van der Waals surface area (Å²) in [4.78, 5) is 4.01. The monoisotopic (exact) mass is 191 g/mol. The van der Waals surface area contributed by atoms with Crippen molar-refractivity contribution in [1.82, 2.24) is 9.55 Å². The van der Waals surface area contributed by atoms with Gasteiger partial charge in [0.15, 0.2) is 0 Å². The summed E-state index contributed by atoms with van der Waals surface area (Å²) in [6.45, 7) is 1.72. The van der Waals surface area contributed by atoms with Crippen molar-refractivity contribution in [3.8, 4) is 6.07 Å². The van der Waals surface area contributed by atoms with E-state index in [-0.39, 0.29) is 5.92 Å². The van der Waals surface area contributed by atoms with Crippen molar-refractivity contribution in [3.05, 3.63) is 18.2 Å². The van der Waals surface area contributed by atoms with E-state index in [9.17, 15) is 5.11 Å². The number of aliphatic hydroxyl groups is 1. The molecule has 0 aliphatic heterocycles. The number of imidazole rings is 1. The minimum Gasteiger partial charge on any atom is -0.385 e. The summed E-state index contributed by atoms with van der Waals surface area (Å²) in [5, 5.41) is 18.6. The summed E-state index contributed by atoms with van der Waals surface area (Å²) in [5.74, 6) is -0.385. The van der Waals surface area contributed by atoms with Crippen molar-refractivity contribution in [3.63, 3.8) is 0 Å². The fourth-order valence-corrected chi connectivity index (χ4v) is 1.53. The van der Waals surface area contributed by atoms with Crippen LogP contribution < -0.4 is 0 Å². The summed E-state index contributed by atoms with van der Waals surface area (Å²) in [7, 11) is 0. The first-order chi connectivity index (χ1) is 6.74. The van der Waals surface area contributed by atoms with Gasteiger partial charge >= 0.3 is 0 Å². The maximum atomic E-state index is 9.85. The second kappa shape index (κ2) is 3.43. The van der Waals surface area contributed by atoms with Crippen molar-refractivity contribution < 1.29 is 5.11 Å². The van der Waals surface area contributed by atoms with Crippen LogP contribution >= 0.6 is 0 Å². The number of aromatic nitrogens is 2. The van der Waals surface area contributed by atoms with Crippen LogP contribution in [0.5, 0.6) is 0 Å². The number of hydrogen-bond acceptors (Lipinski definition) is 3. The van der Waals surface area contributed by atoms with Gasteiger partial charge in [-0.25, -0.2) is 4.98 Å². The van der Waals surface area contributed by atoms with Gasteiger partial charge in [0.1, 0.15) is 6.10 Å². The molecule has 0 spiro atoms. The van der Waals surface area contributed by atoms with Crippen LogP contribution in [0.15, 0.2) is 12.5 Å². The highest BCUT2D eigenvalue weighted by Crippen LogP contribution is 2.37. The molecule has 1 aliphatic carbocycles. The molecule has 2 atom stereocenters. The lowest BCUT2D eigenvalue weighted by Crippen LogP contribution is -2.12. The van der Waals surface area contributed by atoms with Crippen LogP contribution in [0.2, 0.25) is 0 Å². The Hall–Kier alpha value is -1.34. The van der Waals surface area contributed by atoms with E-state index >= 15 is 0 Å². The highest BCUT2D eigenvalue weighted by Gasteiger charge is 2.28. The van der Waals surface area contributed by atoms with E-state index in [0.29, 0.717) is 6.04 Å². The van der Waals surface area contributed by atoms with Gasteiger partial charge in [-0.2, -0.15) is 5.26 Å². The standard InChI is InChI=1S/C10H13N3O/c1-7(4-11)10(14)9-5-12-6-13(9)8-2-3-8/h5-8,10,14H,2-3H2,1H3. The average molecular weight is 191 g/mol. The number of rotatable bonds is 3. The molecule has 2 rings (SSSR count). The molecular formula is C10H13N3O. The Morgan fingerprint density at radius 3 is 3.00 bits per heavy atom. The quantitative estimate of drug-likeness (QED) is 0.785. The Morgan fingerprint density at radius 1 is 1.71 bits per heavy atom. The third-order valence-electron chi connectivity index (χ3n) is 2.62. The van der Waals surface area contributed by atoms with E-state index < -0.39 is 6.10 Å². The molecule has 2 unspecified atom stereocenters. The van der Waals surface area contributed by atoms with Crippen LogP contribution in [0.1, 0.15) is 37.6 Å². The lowest BCUT2D eigenvalue weighted by Gasteiger charge is -2.14. The Morgan fingerprint density at radius 2 is 2.43 bits per heavy atom. The maximum Gasteiger partial charge on any atom is 0.111 e. The molecule has 1 N–H and O–H groups in total. The molecule has 1 aromatic rings. The summed E-state index contributed by atoms with van der Waals surface area (Å²) < 4.78 is 1.98. The van der Waals surface area contributed by atoms with Gasteiger partial charge in [-0.15, -0.1) is 0 Å². The van der Waals surface area contributed by atoms with Gasteiger partial charge in [-0.1, -0.05) is 0 Å². The minimum absolute atomic E-state index is 0.385. The zero-order valence-corrected chi connectivity index (χ0v) is 8.09. The van der Waals surface area contributed by atoms with Crippen LogP contribution in [0.3, 0.4) is 0 Å². The van der Waals surface area contributed by atoms with Gasteiger partial charge < -0.3 is 9.67 Å². The van der Waals surface area contributed by atoms with Gasteiger partial charge in [0.2, 0.25) is 0 Å². The lowest BCUT2D eigenvalue weighted by atomic mass is 10.0.